The Hall–Kier alpha value is -3.47. The molecule has 0 aliphatic rings. The van der Waals surface area contributed by atoms with Gasteiger partial charge in [0.25, 0.3) is 11.8 Å². The summed E-state index contributed by atoms with van der Waals surface area (Å²) in [6.07, 6.45) is 21.6. The van der Waals surface area contributed by atoms with Crippen molar-refractivity contribution in [2.75, 3.05) is 6.61 Å². The minimum Gasteiger partial charge on any atom is -0.493 e. The number of ether oxygens (including phenoxy) is 1. The molecule has 0 radical (unpaired) electrons. The van der Waals surface area contributed by atoms with Crippen LogP contribution in [0.25, 0.3) is 0 Å². The van der Waals surface area contributed by atoms with Gasteiger partial charge >= 0.3 is 0 Å². The zero-order valence-electron chi connectivity index (χ0n) is 30.8. The molecule has 0 unspecified atom stereocenters. The molecule has 2 amide bonds. The smallest absolute Gasteiger partial charge is 0.261 e. The Morgan fingerprint density at radius 2 is 1.21 bits per heavy atom. The summed E-state index contributed by atoms with van der Waals surface area (Å²) < 4.78 is 8.44. The molecule has 0 N–H and O–H groups in total. The van der Waals surface area contributed by atoms with E-state index in [1.807, 2.05) is 60.8 Å². The van der Waals surface area contributed by atoms with Crippen molar-refractivity contribution in [1.29, 1.82) is 0 Å². The maximum atomic E-state index is 14.2. The summed E-state index contributed by atoms with van der Waals surface area (Å²) in [5.41, 5.74) is 2.64. The van der Waals surface area contributed by atoms with Crippen LogP contribution in [0.3, 0.4) is 0 Å². The standard InChI is InChI=1S/C43H63N2O3/c1-6-8-9-10-11-12-13-14-15-16-17-18-19-25-33-48-40-30-29-37(34-39(40)43(3,4)5)42(47)45(41(46)36-26-21-20-22-27-36)35-38-28-23-24-32-44(38)31-7-2/h20-24,26-30,32,34H,6-19,25,31,33,35H2,1-5H3/q+1. The minimum atomic E-state index is -0.306. The third-order valence-electron chi connectivity index (χ3n) is 9.12. The maximum Gasteiger partial charge on any atom is 0.261 e. The molecule has 2 aromatic carbocycles. The molecule has 0 spiro atoms. The van der Waals surface area contributed by atoms with Crippen LogP contribution in [0.15, 0.2) is 72.9 Å². The third-order valence-corrected chi connectivity index (χ3v) is 9.12. The highest BCUT2D eigenvalue weighted by atomic mass is 16.5. The Kier molecular flexibility index (Phi) is 17.4. The molecule has 0 saturated heterocycles. The Bertz CT molecular complexity index is 1360. The number of hydrogen-bond donors (Lipinski definition) is 0. The topological polar surface area (TPSA) is 50.5 Å². The largest absolute Gasteiger partial charge is 0.493 e. The monoisotopic (exact) mass is 655 g/mol. The number of carbonyl (C=O) groups excluding carboxylic acids is 2. The summed E-state index contributed by atoms with van der Waals surface area (Å²) in [6, 6.07) is 20.7. The first-order valence-corrected chi connectivity index (χ1v) is 18.9. The van der Waals surface area contributed by atoms with Crippen molar-refractivity contribution in [3.05, 3.63) is 95.3 Å². The molecule has 0 bridgehead atoms. The number of rotatable bonds is 22. The lowest BCUT2D eigenvalue weighted by Crippen LogP contribution is -2.44. The Morgan fingerprint density at radius 3 is 1.79 bits per heavy atom. The van der Waals surface area contributed by atoms with Gasteiger partial charge in [-0.25, -0.2) is 4.57 Å². The van der Waals surface area contributed by atoms with Crippen molar-refractivity contribution in [2.45, 2.75) is 149 Å². The summed E-state index contributed by atoms with van der Waals surface area (Å²) in [6.45, 7) is 12.5. The van der Waals surface area contributed by atoms with Crippen molar-refractivity contribution in [3.8, 4) is 5.75 Å². The van der Waals surface area contributed by atoms with Gasteiger partial charge in [-0.1, -0.05) is 142 Å². The number of benzene rings is 2. The van der Waals surface area contributed by atoms with Crippen LogP contribution in [-0.2, 0) is 18.5 Å². The van der Waals surface area contributed by atoms with Crippen LogP contribution >= 0.6 is 0 Å². The highest BCUT2D eigenvalue weighted by molar-refractivity contribution is 6.10. The van der Waals surface area contributed by atoms with Crippen LogP contribution < -0.4 is 9.30 Å². The average molecular weight is 656 g/mol. The number of amides is 2. The fourth-order valence-corrected chi connectivity index (χ4v) is 6.26. The summed E-state index contributed by atoms with van der Waals surface area (Å²) in [5, 5.41) is 0. The fraction of sp³-hybridized carbons (Fsp3) is 0.558. The average Bonchev–Trinajstić information content (AvgIpc) is 3.09. The van der Waals surface area contributed by atoms with E-state index in [0.29, 0.717) is 17.7 Å². The van der Waals surface area contributed by atoms with E-state index in [1.54, 1.807) is 12.1 Å². The molecule has 0 aliphatic heterocycles. The van der Waals surface area contributed by atoms with E-state index >= 15 is 0 Å². The second-order valence-electron chi connectivity index (χ2n) is 14.4. The first-order valence-electron chi connectivity index (χ1n) is 18.9. The SMILES string of the molecule is CCCCCCCCCCCCCCCCOc1ccc(C(=O)N(Cc2cccc[n+]2CCC)C(=O)c2ccccc2)cc1C(C)(C)C. The zero-order chi connectivity index (χ0) is 34.6. The number of unbranched alkanes of at least 4 members (excludes halogenated alkanes) is 13. The van der Waals surface area contributed by atoms with Crippen LogP contribution in [-0.4, -0.2) is 23.3 Å². The predicted molar refractivity (Wildman–Crippen MR) is 199 cm³/mol. The Morgan fingerprint density at radius 1 is 0.646 bits per heavy atom. The number of carbonyl (C=O) groups is 2. The lowest BCUT2D eigenvalue weighted by atomic mass is 9.85. The molecule has 0 aliphatic carbocycles. The molecular formula is C43H63N2O3+. The molecule has 262 valence electrons. The fourth-order valence-electron chi connectivity index (χ4n) is 6.26. The van der Waals surface area contributed by atoms with Crippen LogP contribution in [0, 0.1) is 0 Å². The van der Waals surface area contributed by atoms with Crippen LogP contribution in [0.2, 0.25) is 0 Å². The van der Waals surface area contributed by atoms with Gasteiger partial charge in [0, 0.05) is 35.2 Å². The van der Waals surface area contributed by atoms with Crippen molar-refractivity contribution >= 4 is 11.8 Å². The number of aromatic nitrogens is 1. The molecule has 1 aromatic heterocycles. The highest BCUT2D eigenvalue weighted by Crippen LogP contribution is 2.33. The molecule has 0 fully saturated rings. The van der Waals surface area contributed by atoms with Gasteiger partial charge in [-0.2, -0.15) is 0 Å². The van der Waals surface area contributed by atoms with Crippen molar-refractivity contribution < 1.29 is 18.9 Å². The van der Waals surface area contributed by atoms with Gasteiger partial charge in [0.1, 0.15) is 18.8 Å². The molecule has 0 atom stereocenters. The number of imide groups is 1. The quantitative estimate of drug-likeness (QED) is 0.0615. The van der Waals surface area contributed by atoms with Gasteiger partial charge in [0.2, 0.25) is 5.69 Å². The van der Waals surface area contributed by atoms with E-state index < -0.39 is 0 Å². The molecule has 5 nitrogen and oxygen atoms in total. The van der Waals surface area contributed by atoms with E-state index in [4.69, 9.17) is 4.74 Å². The molecular weight excluding hydrogens is 592 g/mol. The van der Waals surface area contributed by atoms with Crippen LogP contribution in [0.5, 0.6) is 5.75 Å². The molecule has 1 heterocycles. The van der Waals surface area contributed by atoms with Crippen LogP contribution in [0.1, 0.15) is 163 Å². The maximum absolute atomic E-state index is 14.2. The van der Waals surface area contributed by atoms with Gasteiger partial charge in [0.05, 0.1) is 6.61 Å². The number of nitrogens with zero attached hydrogens (tertiary/aromatic N) is 2. The van der Waals surface area contributed by atoms with E-state index in [-0.39, 0.29) is 23.8 Å². The zero-order valence-corrected chi connectivity index (χ0v) is 30.8. The first kappa shape index (κ1) is 39.0. The number of aryl methyl sites for hydroxylation is 1. The summed E-state index contributed by atoms with van der Waals surface area (Å²) >= 11 is 0. The van der Waals surface area contributed by atoms with E-state index in [2.05, 4.69) is 39.2 Å². The third kappa shape index (κ3) is 13.2. The Balaban J connectivity index is 1.58. The minimum absolute atomic E-state index is 0.190. The predicted octanol–water partition coefficient (Wildman–Crippen LogP) is 11.0. The molecule has 3 aromatic rings. The van der Waals surface area contributed by atoms with Crippen molar-refractivity contribution in [3.63, 3.8) is 0 Å². The van der Waals surface area contributed by atoms with Crippen molar-refractivity contribution in [2.24, 2.45) is 0 Å². The lowest BCUT2D eigenvalue weighted by Gasteiger charge is -2.25. The second-order valence-corrected chi connectivity index (χ2v) is 14.4. The highest BCUT2D eigenvalue weighted by Gasteiger charge is 2.29. The van der Waals surface area contributed by atoms with Gasteiger partial charge < -0.3 is 4.74 Å². The molecule has 3 rings (SSSR count). The summed E-state index contributed by atoms with van der Waals surface area (Å²) in [7, 11) is 0. The van der Waals surface area contributed by atoms with Gasteiger partial charge in [0.15, 0.2) is 6.20 Å². The Labute approximate surface area is 292 Å². The van der Waals surface area contributed by atoms with E-state index in [1.165, 1.54) is 88.4 Å². The lowest BCUT2D eigenvalue weighted by molar-refractivity contribution is -0.704. The molecule has 5 heteroatoms. The van der Waals surface area contributed by atoms with Crippen LogP contribution in [0.4, 0.5) is 0 Å². The number of hydrogen-bond acceptors (Lipinski definition) is 3. The normalized spacial score (nSPS) is 11.4. The second kappa shape index (κ2) is 21.5. The first-order chi connectivity index (χ1) is 23.3. The molecule has 48 heavy (non-hydrogen) atoms. The summed E-state index contributed by atoms with van der Waals surface area (Å²) in [5.74, 6) is 0.209. The summed E-state index contributed by atoms with van der Waals surface area (Å²) in [4.78, 5) is 29.4. The van der Waals surface area contributed by atoms with Crippen molar-refractivity contribution in [1.82, 2.24) is 4.90 Å². The van der Waals surface area contributed by atoms with Gasteiger partial charge in [-0.3, -0.25) is 14.5 Å². The molecule has 0 saturated carbocycles. The van der Waals surface area contributed by atoms with Gasteiger partial charge in [-0.15, -0.1) is 0 Å². The van der Waals surface area contributed by atoms with E-state index in [0.717, 1.165) is 36.4 Å². The van der Waals surface area contributed by atoms with Gasteiger partial charge in [-0.05, 0) is 42.2 Å². The number of pyridine rings is 1. The van der Waals surface area contributed by atoms with E-state index in [9.17, 15) is 9.59 Å².